The lowest BCUT2D eigenvalue weighted by Gasteiger charge is -2.03. The first-order chi connectivity index (χ1) is 6.18. The Morgan fingerprint density at radius 2 is 2.23 bits per heavy atom. The zero-order chi connectivity index (χ0) is 9.42. The third-order valence-corrected chi connectivity index (χ3v) is 3.36. The lowest BCUT2D eigenvalue weighted by atomic mass is 10.2. The van der Waals surface area contributed by atoms with Gasteiger partial charge in [0.25, 0.3) is 5.91 Å². The van der Waals surface area contributed by atoms with Gasteiger partial charge in [0.15, 0.2) is 0 Å². The van der Waals surface area contributed by atoms with E-state index < -0.39 is 18.1 Å². The molecule has 1 fully saturated rings. The molecule has 0 bridgehead atoms. The van der Waals surface area contributed by atoms with Crippen LogP contribution in [0.25, 0.3) is 0 Å². The van der Waals surface area contributed by atoms with Crippen molar-refractivity contribution in [3.05, 3.63) is 20.8 Å². The zero-order valence-electron chi connectivity index (χ0n) is 6.24. The molecule has 0 saturated carbocycles. The second-order valence-corrected chi connectivity index (χ2v) is 4.05. The summed E-state index contributed by atoms with van der Waals surface area (Å²) in [5.41, 5.74) is 0.688. The summed E-state index contributed by atoms with van der Waals surface area (Å²) < 4.78 is 5.56. The van der Waals surface area contributed by atoms with E-state index in [4.69, 9.17) is 4.74 Å². The van der Waals surface area contributed by atoms with Gasteiger partial charge in [0.05, 0.1) is 0 Å². The van der Waals surface area contributed by atoms with Crippen LogP contribution < -0.4 is 5.32 Å². The second-order valence-electron chi connectivity index (χ2n) is 2.45. The largest absolute Gasteiger partial charge is 0.431 e. The number of carbonyl (C=O) groups excluding carboxylic acids is 2. The van der Waals surface area contributed by atoms with Crippen LogP contribution in [0.15, 0.2) is 15.2 Å². The van der Waals surface area contributed by atoms with Crippen LogP contribution in [0, 0.1) is 0 Å². The van der Waals surface area contributed by atoms with Crippen molar-refractivity contribution in [3.8, 4) is 0 Å². The maximum Gasteiger partial charge on any atom is 0.415 e. The Morgan fingerprint density at radius 3 is 2.69 bits per heavy atom. The van der Waals surface area contributed by atoms with Crippen LogP contribution in [0.2, 0.25) is 0 Å². The molecule has 0 spiro atoms. The van der Waals surface area contributed by atoms with Gasteiger partial charge in [-0.2, -0.15) is 11.3 Å². The molecule has 1 aromatic rings. The summed E-state index contributed by atoms with van der Waals surface area (Å²) in [7, 11) is 0. The number of ether oxygens (including phenoxy) is 1. The Bertz CT molecular complexity index is 376. The standard InChI is InChI=1S/C7H4BrNO3S/c8-4-2-13-1-3(4)5-6(10)9-7(11)12-5/h1-2,5H,(H,9,10,11). The SMILES string of the molecule is O=C1NC(=O)C(c2cscc2Br)O1. The molecule has 2 heterocycles. The molecule has 2 amide bonds. The third kappa shape index (κ3) is 1.47. The molecule has 1 aliphatic rings. The molecule has 0 aliphatic carbocycles. The quantitative estimate of drug-likeness (QED) is 0.839. The van der Waals surface area contributed by atoms with E-state index in [1.54, 1.807) is 5.38 Å². The number of halogens is 1. The van der Waals surface area contributed by atoms with E-state index in [0.29, 0.717) is 5.56 Å². The van der Waals surface area contributed by atoms with Gasteiger partial charge in [-0.05, 0) is 21.3 Å². The summed E-state index contributed by atoms with van der Waals surface area (Å²) in [5, 5.41) is 5.66. The number of thiophene rings is 1. The predicted octanol–water partition coefficient (Wildman–Crippen LogP) is 1.82. The van der Waals surface area contributed by atoms with Gasteiger partial charge in [-0.3, -0.25) is 10.1 Å². The Labute approximate surface area is 86.0 Å². The molecule has 13 heavy (non-hydrogen) atoms. The van der Waals surface area contributed by atoms with Crippen molar-refractivity contribution in [2.75, 3.05) is 0 Å². The maximum atomic E-state index is 11.2. The summed E-state index contributed by atoms with van der Waals surface area (Å²) in [5.74, 6) is -0.413. The lowest BCUT2D eigenvalue weighted by Crippen LogP contribution is -2.20. The number of rotatable bonds is 1. The number of cyclic esters (lactones) is 1. The summed E-state index contributed by atoms with van der Waals surface area (Å²) >= 11 is 4.70. The van der Waals surface area contributed by atoms with E-state index in [9.17, 15) is 9.59 Å². The number of nitrogens with one attached hydrogen (secondary N) is 1. The van der Waals surface area contributed by atoms with E-state index in [1.807, 2.05) is 5.38 Å². The summed E-state index contributed by atoms with van der Waals surface area (Å²) in [6.45, 7) is 0. The van der Waals surface area contributed by atoms with Crippen molar-refractivity contribution in [3.63, 3.8) is 0 Å². The fourth-order valence-corrected chi connectivity index (χ4v) is 2.56. The van der Waals surface area contributed by atoms with Crippen molar-refractivity contribution in [2.24, 2.45) is 0 Å². The highest BCUT2D eigenvalue weighted by Crippen LogP contribution is 2.31. The topological polar surface area (TPSA) is 55.4 Å². The van der Waals surface area contributed by atoms with Gasteiger partial charge >= 0.3 is 6.09 Å². The Morgan fingerprint density at radius 1 is 1.46 bits per heavy atom. The highest BCUT2D eigenvalue weighted by atomic mass is 79.9. The smallest absolute Gasteiger partial charge is 0.415 e. The minimum absolute atomic E-state index is 0.413. The summed E-state index contributed by atoms with van der Waals surface area (Å²) in [6, 6.07) is 0. The summed E-state index contributed by atoms with van der Waals surface area (Å²) in [4.78, 5) is 21.9. The molecule has 6 heteroatoms. The second kappa shape index (κ2) is 3.12. The highest BCUT2D eigenvalue weighted by Gasteiger charge is 2.35. The molecule has 1 unspecified atom stereocenters. The number of imide groups is 1. The number of hydrogen-bond acceptors (Lipinski definition) is 4. The minimum atomic E-state index is -0.798. The molecule has 2 rings (SSSR count). The molecular weight excluding hydrogens is 258 g/mol. The normalized spacial score (nSPS) is 21.5. The predicted molar refractivity (Wildman–Crippen MR) is 49.4 cm³/mol. The molecule has 68 valence electrons. The van der Waals surface area contributed by atoms with E-state index in [0.717, 1.165) is 4.47 Å². The highest BCUT2D eigenvalue weighted by molar-refractivity contribution is 9.10. The monoisotopic (exact) mass is 261 g/mol. The van der Waals surface area contributed by atoms with Crippen LogP contribution in [0.3, 0.4) is 0 Å². The van der Waals surface area contributed by atoms with Crippen molar-refractivity contribution >= 4 is 39.3 Å². The third-order valence-electron chi connectivity index (χ3n) is 1.61. The van der Waals surface area contributed by atoms with Gasteiger partial charge in [-0.15, -0.1) is 0 Å². The number of hydrogen-bond donors (Lipinski definition) is 1. The molecule has 4 nitrogen and oxygen atoms in total. The lowest BCUT2D eigenvalue weighted by molar-refractivity contribution is -0.123. The van der Waals surface area contributed by atoms with Crippen LogP contribution in [0.4, 0.5) is 4.79 Å². The van der Waals surface area contributed by atoms with E-state index in [2.05, 4.69) is 21.2 Å². The molecule has 1 aromatic heterocycles. The molecule has 0 radical (unpaired) electrons. The average molecular weight is 262 g/mol. The van der Waals surface area contributed by atoms with Gasteiger partial charge in [0, 0.05) is 15.4 Å². The Kier molecular flexibility index (Phi) is 2.09. The van der Waals surface area contributed by atoms with Crippen molar-refractivity contribution in [2.45, 2.75) is 6.10 Å². The van der Waals surface area contributed by atoms with Crippen molar-refractivity contribution in [1.82, 2.24) is 5.32 Å². The molecule has 1 atom stereocenters. The fourth-order valence-electron chi connectivity index (χ4n) is 1.04. The fraction of sp³-hybridized carbons (Fsp3) is 0.143. The minimum Gasteiger partial charge on any atom is -0.431 e. The van der Waals surface area contributed by atoms with E-state index >= 15 is 0 Å². The first-order valence-electron chi connectivity index (χ1n) is 3.41. The van der Waals surface area contributed by atoms with Gasteiger partial charge in [0.2, 0.25) is 6.10 Å². The summed E-state index contributed by atoms with van der Waals surface area (Å²) in [6.07, 6.45) is -1.48. The van der Waals surface area contributed by atoms with E-state index in [-0.39, 0.29) is 0 Å². The van der Waals surface area contributed by atoms with Crippen LogP contribution >= 0.6 is 27.3 Å². The Balaban J connectivity index is 2.32. The van der Waals surface area contributed by atoms with Crippen molar-refractivity contribution < 1.29 is 14.3 Å². The number of amides is 2. The van der Waals surface area contributed by atoms with Crippen LogP contribution in [-0.2, 0) is 9.53 Å². The molecule has 1 aliphatic heterocycles. The van der Waals surface area contributed by atoms with Gasteiger partial charge in [0.1, 0.15) is 0 Å². The van der Waals surface area contributed by atoms with Crippen LogP contribution in [-0.4, -0.2) is 12.0 Å². The van der Waals surface area contributed by atoms with Gasteiger partial charge < -0.3 is 4.74 Å². The Hall–Kier alpha value is -0.880. The molecule has 0 aromatic carbocycles. The van der Waals surface area contributed by atoms with Gasteiger partial charge in [-0.25, -0.2) is 4.79 Å². The zero-order valence-corrected chi connectivity index (χ0v) is 8.65. The number of carbonyl (C=O) groups is 2. The maximum absolute atomic E-state index is 11.2. The van der Waals surface area contributed by atoms with E-state index in [1.165, 1.54) is 11.3 Å². The first kappa shape index (κ1) is 8.71. The molecule has 1 saturated heterocycles. The number of alkyl carbamates (subject to hydrolysis) is 1. The molecule has 1 N–H and O–H groups in total. The first-order valence-corrected chi connectivity index (χ1v) is 5.15. The van der Waals surface area contributed by atoms with Crippen LogP contribution in [0.1, 0.15) is 11.7 Å². The average Bonchev–Trinajstić information content (AvgIpc) is 2.58. The van der Waals surface area contributed by atoms with Gasteiger partial charge in [-0.1, -0.05) is 0 Å². The molecular formula is C7H4BrNO3S. The van der Waals surface area contributed by atoms with Crippen LogP contribution in [0.5, 0.6) is 0 Å². The van der Waals surface area contributed by atoms with Crippen molar-refractivity contribution in [1.29, 1.82) is 0 Å².